The molecule has 0 fully saturated rings. The first-order chi connectivity index (χ1) is 9.91. The fraction of sp³-hybridized carbons (Fsp3) is 0.500. The molecule has 2 rings (SSSR count). The zero-order valence-corrected chi connectivity index (χ0v) is 16.0. The summed E-state index contributed by atoms with van der Waals surface area (Å²) in [5, 5.41) is 5.54. The van der Waals surface area contributed by atoms with E-state index in [-0.39, 0.29) is 5.41 Å². The number of anilines is 1. The van der Waals surface area contributed by atoms with Crippen molar-refractivity contribution in [3.63, 3.8) is 0 Å². The largest absolute Gasteiger partial charge is 0.369 e. The predicted molar refractivity (Wildman–Crippen MR) is 99.4 cm³/mol. The van der Waals surface area contributed by atoms with Crippen LogP contribution in [0.25, 0.3) is 0 Å². The average Bonchev–Trinajstić information content (AvgIpc) is 2.90. The zero-order chi connectivity index (χ0) is 15.5. The molecule has 2 heterocycles. The van der Waals surface area contributed by atoms with Gasteiger partial charge in [-0.25, -0.2) is 9.97 Å². The second kappa shape index (κ2) is 7.05. The van der Waals surface area contributed by atoms with Gasteiger partial charge in [-0.3, -0.25) is 0 Å². The number of halogens is 1. The van der Waals surface area contributed by atoms with Gasteiger partial charge in [0.1, 0.15) is 11.6 Å². The van der Waals surface area contributed by atoms with E-state index in [1.54, 1.807) is 11.3 Å². The lowest BCUT2D eigenvalue weighted by atomic mass is 9.92. The molecule has 0 unspecified atom stereocenters. The summed E-state index contributed by atoms with van der Waals surface area (Å²) in [4.78, 5) is 10.9. The van der Waals surface area contributed by atoms with Gasteiger partial charge in [0.15, 0.2) is 0 Å². The van der Waals surface area contributed by atoms with Gasteiger partial charge in [0.05, 0.1) is 9.26 Å². The van der Waals surface area contributed by atoms with Gasteiger partial charge in [0, 0.05) is 23.3 Å². The van der Waals surface area contributed by atoms with Gasteiger partial charge in [0.25, 0.3) is 0 Å². The maximum atomic E-state index is 4.84. The van der Waals surface area contributed by atoms with E-state index in [1.165, 1.54) is 4.88 Å². The molecular formula is C16H22IN3S. The summed E-state index contributed by atoms with van der Waals surface area (Å²) in [6.45, 7) is 9.72. The molecule has 0 saturated carbocycles. The van der Waals surface area contributed by atoms with Crippen LogP contribution in [0.2, 0.25) is 0 Å². The van der Waals surface area contributed by atoms with Crippen LogP contribution in [-0.4, -0.2) is 16.5 Å². The molecule has 5 heteroatoms. The second-order valence-corrected chi connectivity index (χ2v) is 8.19. The molecule has 114 valence electrons. The first kappa shape index (κ1) is 16.7. The van der Waals surface area contributed by atoms with Crippen LogP contribution < -0.4 is 5.32 Å². The third-order valence-corrected chi connectivity index (χ3v) is 4.96. The molecule has 2 aromatic heterocycles. The Balaban J connectivity index is 2.40. The van der Waals surface area contributed by atoms with Crippen LogP contribution in [-0.2, 0) is 11.8 Å². The van der Waals surface area contributed by atoms with Crippen molar-refractivity contribution in [2.45, 2.75) is 46.0 Å². The van der Waals surface area contributed by atoms with Crippen molar-refractivity contribution >= 4 is 39.7 Å². The van der Waals surface area contributed by atoms with Crippen LogP contribution in [0.4, 0.5) is 5.82 Å². The summed E-state index contributed by atoms with van der Waals surface area (Å²) in [7, 11) is 0. The summed E-state index contributed by atoms with van der Waals surface area (Å²) in [6.07, 6.45) is 1.89. The monoisotopic (exact) mass is 415 g/mol. The standard InChI is InChI=1S/C16H22IN3S/c1-5-8-18-15-13(17)14(16(2,3)4)19-12(20-15)10-11-7-6-9-21-11/h6-7,9H,5,8,10H2,1-4H3,(H,18,19,20). The molecule has 1 N–H and O–H groups in total. The van der Waals surface area contributed by atoms with Crippen LogP contribution in [0.15, 0.2) is 17.5 Å². The Hall–Kier alpha value is -0.690. The molecular weight excluding hydrogens is 393 g/mol. The van der Waals surface area contributed by atoms with E-state index in [2.05, 4.69) is 73.1 Å². The topological polar surface area (TPSA) is 37.8 Å². The number of thiophene rings is 1. The lowest BCUT2D eigenvalue weighted by Gasteiger charge is -2.22. The normalized spacial score (nSPS) is 11.7. The van der Waals surface area contributed by atoms with E-state index in [1.807, 2.05) is 0 Å². The first-order valence-corrected chi connectivity index (χ1v) is 9.20. The number of rotatable bonds is 5. The third-order valence-electron chi connectivity index (χ3n) is 3.06. The predicted octanol–water partition coefficient (Wildman–Crippen LogP) is 4.85. The molecule has 3 nitrogen and oxygen atoms in total. The fourth-order valence-electron chi connectivity index (χ4n) is 2.00. The Labute approximate surface area is 144 Å². The molecule has 0 radical (unpaired) electrons. The highest BCUT2D eigenvalue weighted by atomic mass is 127. The number of nitrogens with zero attached hydrogens (tertiary/aromatic N) is 2. The maximum Gasteiger partial charge on any atom is 0.143 e. The lowest BCUT2D eigenvalue weighted by molar-refractivity contribution is 0.559. The minimum atomic E-state index is 0.0201. The van der Waals surface area contributed by atoms with E-state index >= 15 is 0 Å². The van der Waals surface area contributed by atoms with E-state index in [0.29, 0.717) is 0 Å². The van der Waals surface area contributed by atoms with E-state index < -0.39 is 0 Å². The number of hydrogen-bond donors (Lipinski definition) is 1. The van der Waals surface area contributed by atoms with Crippen molar-refractivity contribution in [2.24, 2.45) is 0 Å². The van der Waals surface area contributed by atoms with Crippen molar-refractivity contribution in [2.75, 3.05) is 11.9 Å². The summed E-state index contributed by atoms with van der Waals surface area (Å²) >= 11 is 4.12. The molecule has 0 atom stereocenters. The van der Waals surface area contributed by atoms with Crippen molar-refractivity contribution in [3.05, 3.63) is 37.5 Å². The van der Waals surface area contributed by atoms with Crippen molar-refractivity contribution in [3.8, 4) is 0 Å². The zero-order valence-electron chi connectivity index (χ0n) is 13.0. The summed E-state index contributed by atoms with van der Waals surface area (Å²) in [6, 6.07) is 4.22. The van der Waals surface area contributed by atoms with Crippen LogP contribution in [0, 0.1) is 3.57 Å². The quantitative estimate of drug-likeness (QED) is 0.710. The highest BCUT2D eigenvalue weighted by Gasteiger charge is 2.23. The molecule has 0 aliphatic heterocycles. The fourth-order valence-corrected chi connectivity index (χ4v) is 3.94. The highest BCUT2D eigenvalue weighted by molar-refractivity contribution is 14.1. The lowest BCUT2D eigenvalue weighted by Crippen LogP contribution is -2.20. The van der Waals surface area contributed by atoms with Gasteiger partial charge in [-0.2, -0.15) is 0 Å². The molecule has 0 saturated heterocycles. The van der Waals surface area contributed by atoms with E-state index in [0.717, 1.165) is 40.3 Å². The van der Waals surface area contributed by atoms with Crippen molar-refractivity contribution < 1.29 is 0 Å². The summed E-state index contributed by atoms with van der Waals surface area (Å²) in [5.74, 6) is 1.88. The van der Waals surface area contributed by atoms with Gasteiger partial charge in [-0.05, 0) is 40.5 Å². The van der Waals surface area contributed by atoms with Gasteiger partial charge >= 0.3 is 0 Å². The molecule has 0 bridgehead atoms. The molecule has 0 spiro atoms. The summed E-state index contributed by atoms with van der Waals surface area (Å²) < 4.78 is 1.14. The molecule has 0 aliphatic rings. The Bertz CT molecular complexity index is 588. The van der Waals surface area contributed by atoms with Gasteiger partial charge < -0.3 is 5.32 Å². The Morgan fingerprint density at radius 2 is 2.05 bits per heavy atom. The van der Waals surface area contributed by atoms with Gasteiger partial charge in [0.2, 0.25) is 0 Å². The molecule has 2 aromatic rings. The highest BCUT2D eigenvalue weighted by Crippen LogP contribution is 2.30. The Morgan fingerprint density at radius 3 is 2.62 bits per heavy atom. The Morgan fingerprint density at radius 1 is 1.29 bits per heavy atom. The Kier molecular flexibility index (Phi) is 5.60. The molecule has 0 aromatic carbocycles. The molecule has 0 amide bonds. The minimum absolute atomic E-state index is 0.0201. The maximum absolute atomic E-state index is 4.84. The van der Waals surface area contributed by atoms with Crippen LogP contribution in [0.5, 0.6) is 0 Å². The van der Waals surface area contributed by atoms with E-state index in [9.17, 15) is 0 Å². The van der Waals surface area contributed by atoms with E-state index in [4.69, 9.17) is 9.97 Å². The third kappa shape index (κ3) is 4.39. The van der Waals surface area contributed by atoms with Crippen molar-refractivity contribution in [1.82, 2.24) is 9.97 Å². The van der Waals surface area contributed by atoms with Crippen LogP contribution in [0.3, 0.4) is 0 Å². The second-order valence-electron chi connectivity index (χ2n) is 6.08. The summed E-state index contributed by atoms with van der Waals surface area (Å²) in [5.41, 5.74) is 1.15. The van der Waals surface area contributed by atoms with Crippen LogP contribution >= 0.6 is 33.9 Å². The van der Waals surface area contributed by atoms with Gasteiger partial charge in [-0.1, -0.05) is 33.8 Å². The van der Waals surface area contributed by atoms with Gasteiger partial charge in [-0.15, -0.1) is 11.3 Å². The molecule has 21 heavy (non-hydrogen) atoms. The number of hydrogen-bond acceptors (Lipinski definition) is 4. The number of aromatic nitrogens is 2. The van der Waals surface area contributed by atoms with Crippen molar-refractivity contribution in [1.29, 1.82) is 0 Å². The first-order valence-electron chi connectivity index (χ1n) is 7.25. The smallest absolute Gasteiger partial charge is 0.143 e. The average molecular weight is 415 g/mol. The minimum Gasteiger partial charge on any atom is -0.369 e. The SMILES string of the molecule is CCCNc1nc(Cc2cccs2)nc(C(C)(C)C)c1I. The van der Waals surface area contributed by atoms with Crippen LogP contribution in [0.1, 0.15) is 50.5 Å². The number of nitrogens with one attached hydrogen (secondary N) is 1. The molecule has 0 aliphatic carbocycles.